The molecule has 0 aliphatic heterocycles. The highest BCUT2D eigenvalue weighted by Crippen LogP contribution is 2.20. The SMILES string of the molecule is Cc1ccccc1OCc1nnc(C(=O)Nc2ccc(C(=O)NCc3ccco3)cc2)s1. The van der Waals surface area contributed by atoms with E-state index in [0.717, 1.165) is 11.3 Å². The molecule has 9 heteroatoms. The fourth-order valence-corrected chi connectivity index (χ4v) is 3.48. The van der Waals surface area contributed by atoms with Crippen molar-refractivity contribution < 1.29 is 18.7 Å². The number of hydrogen-bond acceptors (Lipinski definition) is 7. The number of aryl methyl sites for hydroxylation is 1. The number of rotatable bonds is 8. The molecule has 0 saturated carbocycles. The van der Waals surface area contributed by atoms with Gasteiger partial charge in [0.2, 0.25) is 5.01 Å². The van der Waals surface area contributed by atoms with Crippen LogP contribution in [0.25, 0.3) is 0 Å². The van der Waals surface area contributed by atoms with Gasteiger partial charge < -0.3 is 19.8 Å². The van der Waals surface area contributed by atoms with E-state index < -0.39 is 0 Å². The van der Waals surface area contributed by atoms with E-state index in [9.17, 15) is 9.59 Å². The summed E-state index contributed by atoms with van der Waals surface area (Å²) in [6.07, 6.45) is 1.55. The Labute approximate surface area is 188 Å². The summed E-state index contributed by atoms with van der Waals surface area (Å²) in [5, 5.41) is 14.3. The van der Waals surface area contributed by atoms with Crippen molar-refractivity contribution in [1.82, 2.24) is 15.5 Å². The van der Waals surface area contributed by atoms with Gasteiger partial charge in [-0.25, -0.2) is 0 Å². The summed E-state index contributed by atoms with van der Waals surface area (Å²) in [6.45, 7) is 2.50. The molecule has 2 aromatic carbocycles. The van der Waals surface area contributed by atoms with E-state index in [-0.39, 0.29) is 23.4 Å². The summed E-state index contributed by atoms with van der Waals surface area (Å²) in [5.74, 6) is 0.825. The van der Waals surface area contributed by atoms with Crippen LogP contribution in [0.4, 0.5) is 5.69 Å². The van der Waals surface area contributed by atoms with Crippen molar-refractivity contribution in [3.05, 3.63) is 93.8 Å². The smallest absolute Gasteiger partial charge is 0.286 e. The zero-order valence-electron chi connectivity index (χ0n) is 17.2. The highest BCUT2D eigenvalue weighted by atomic mass is 32.1. The summed E-state index contributed by atoms with van der Waals surface area (Å²) in [6, 6.07) is 17.8. The van der Waals surface area contributed by atoms with Gasteiger partial charge in [-0.1, -0.05) is 29.5 Å². The number of carbonyl (C=O) groups is 2. The second-order valence-electron chi connectivity index (χ2n) is 6.85. The van der Waals surface area contributed by atoms with E-state index in [4.69, 9.17) is 9.15 Å². The molecule has 0 spiro atoms. The van der Waals surface area contributed by atoms with E-state index in [1.807, 2.05) is 31.2 Å². The number of nitrogens with zero attached hydrogens (tertiary/aromatic N) is 2. The number of ether oxygens (including phenoxy) is 1. The standard InChI is InChI=1S/C23H20N4O4S/c1-15-5-2-3-7-19(15)31-14-20-26-27-23(32-20)22(29)25-17-10-8-16(9-11-17)21(28)24-13-18-6-4-12-30-18/h2-12H,13-14H2,1H3,(H,24,28)(H,25,29). The fourth-order valence-electron chi connectivity index (χ4n) is 2.83. The molecule has 2 N–H and O–H groups in total. The van der Waals surface area contributed by atoms with E-state index in [2.05, 4.69) is 20.8 Å². The van der Waals surface area contributed by atoms with Crippen molar-refractivity contribution >= 4 is 28.8 Å². The van der Waals surface area contributed by atoms with Gasteiger partial charge in [0.15, 0.2) is 5.01 Å². The van der Waals surface area contributed by atoms with Gasteiger partial charge in [-0.3, -0.25) is 9.59 Å². The molecular formula is C23H20N4O4S. The second kappa shape index (κ2) is 9.88. The van der Waals surface area contributed by atoms with Gasteiger partial charge in [-0.15, -0.1) is 10.2 Å². The largest absolute Gasteiger partial charge is 0.486 e. The van der Waals surface area contributed by atoms with Crippen LogP contribution in [0.3, 0.4) is 0 Å². The molecule has 0 radical (unpaired) electrons. The third-order valence-corrected chi connectivity index (χ3v) is 5.41. The average Bonchev–Trinajstić information content (AvgIpc) is 3.50. The van der Waals surface area contributed by atoms with Crippen LogP contribution in [0.2, 0.25) is 0 Å². The number of benzene rings is 2. The number of carbonyl (C=O) groups excluding carboxylic acids is 2. The quantitative estimate of drug-likeness (QED) is 0.418. The van der Waals surface area contributed by atoms with Crippen LogP contribution in [-0.2, 0) is 13.2 Å². The number of aromatic nitrogens is 2. The summed E-state index contributed by atoms with van der Waals surface area (Å²) >= 11 is 1.17. The minimum atomic E-state index is -0.375. The Bertz CT molecular complexity index is 1200. The number of furan rings is 1. The first-order valence-corrected chi connectivity index (χ1v) is 10.6. The van der Waals surface area contributed by atoms with Crippen LogP contribution in [-0.4, -0.2) is 22.0 Å². The molecule has 2 heterocycles. The van der Waals surface area contributed by atoms with Crippen molar-refractivity contribution in [2.24, 2.45) is 0 Å². The van der Waals surface area contributed by atoms with Gasteiger partial charge in [-0.05, 0) is 55.0 Å². The lowest BCUT2D eigenvalue weighted by Gasteiger charge is -2.06. The molecule has 162 valence electrons. The summed E-state index contributed by atoms with van der Waals surface area (Å²) in [5.41, 5.74) is 2.04. The molecule has 0 aliphatic carbocycles. The van der Waals surface area contributed by atoms with Crippen molar-refractivity contribution in [2.45, 2.75) is 20.1 Å². The maximum absolute atomic E-state index is 12.5. The zero-order valence-corrected chi connectivity index (χ0v) is 18.0. The molecule has 4 aromatic rings. The Kier molecular flexibility index (Phi) is 6.57. The summed E-state index contributed by atoms with van der Waals surface area (Å²) < 4.78 is 10.9. The Morgan fingerprint density at radius 1 is 1.00 bits per heavy atom. The highest BCUT2D eigenvalue weighted by Gasteiger charge is 2.14. The first-order valence-electron chi connectivity index (χ1n) is 9.81. The Morgan fingerprint density at radius 3 is 2.56 bits per heavy atom. The maximum atomic E-state index is 12.5. The fraction of sp³-hybridized carbons (Fsp3) is 0.130. The first-order chi connectivity index (χ1) is 15.6. The first kappa shape index (κ1) is 21.3. The lowest BCUT2D eigenvalue weighted by Crippen LogP contribution is -2.22. The number of para-hydroxylation sites is 1. The van der Waals surface area contributed by atoms with Crippen LogP contribution < -0.4 is 15.4 Å². The van der Waals surface area contributed by atoms with E-state index >= 15 is 0 Å². The van der Waals surface area contributed by atoms with Gasteiger partial charge in [0.25, 0.3) is 11.8 Å². The topological polar surface area (TPSA) is 106 Å². The van der Waals surface area contributed by atoms with E-state index in [1.165, 1.54) is 11.3 Å². The number of hydrogen-bond donors (Lipinski definition) is 2. The lowest BCUT2D eigenvalue weighted by molar-refractivity contribution is 0.0947. The maximum Gasteiger partial charge on any atom is 0.286 e. The van der Waals surface area contributed by atoms with Crippen LogP contribution in [0.15, 0.2) is 71.3 Å². The van der Waals surface area contributed by atoms with E-state index in [1.54, 1.807) is 42.7 Å². The third kappa shape index (κ3) is 5.38. The predicted molar refractivity (Wildman–Crippen MR) is 120 cm³/mol. The molecule has 0 saturated heterocycles. The zero-order chi connectivity index (χ0) is 22.3. The molecule has 8 nitrogen and oxygen atoms in total. The molecule has 4 rings (SSSR count). The molecule has 0 aliphatic rings. The van der Waals surface area contributed by atoms with Crippen LogP contribution in [0.1, 0.15) is 36.5 Å². The van der Waals surface area contributed by atoms with Gasteiger partial charge in [-0.2, -0.15) is 0 Å². The number of anilines is 1. The molecule has 0 atom stereocenters. The van der Waals surface area contributed by atoms with Crippen molar-refractivity contribution in [2.75, 3.05) is 5.32 Å². The van der Waals surface area contributed by atoms with Gasteiger partial charge in [0.05, 0.1) is 12.8 Å². The Morgan fingerprint density at radius 2 is 1.81 bits per heavy atom. The highest BCUT2D eigenvalue weighted by molar-refractivity contribution is 7.13. The summed E-state index contributed by atoms with van der Waals surface area (Å²) in [7, 11) is 0. The molecule has 2 aromatic heterocycles. The molecule has 0 bridgehead atoms. The molecular weight excluding hydrogens is 428 g/mol. The van der Waals surface area contributed by atoms with Crippen molar-refractivity contribution in [1.29, 1.82) is 0 Å². The Hall–Kier alpha value is -3.98. The Balaban J connectivity index is 1.30. The monoisotopic (exact) mass is 448 g/mol. The normalized spacial score (nSPS) is 10.5. The predicted octanol–water partition coefficient (Wildman–Crippen LogP) is 4.20. The third-order valence-electron chi connectivity index (χ3n) is 4.51. The van der Waals surface area contributed by atoms with Gasteiger partial charge in [0.1, 0.15) is 18.1 Å². The van der Waals surface area contributed by atoms with Crippen LogP contribution >= 0.6 is 11.3 Å². The number of amides is 2. The van der Waals surface area contributed by atoms with Gasteiger partial charge >= 0.3 is 0 Å². The van der Waals surface area contributed by atoms with Crippen molar-refractivity contribution in [3.8, 4) is 5.75 Å². The molecule has 2 amide bonds. The average molecular weight is 449 g/mol. The molecule has 32 heavy (non-hydrogen) atoms. The van der Waals surface area contributed by atoms with Crippen molar-refractivity contribution in [3.63, 3.8) is 0 Å². The number of nitrogens with one attached hydrogen (secondary N) is 2. The molecule has 0 fully saturated rings. The lowest BCUT2D eigenvalue weighted by atomic mass is 10.2. The summed E-state index contributed by atoms with van der Waals surface area (Å²) in [4.78, 5) is 24.7. The minimum Gasteiger partial charge on any atom is -0.486 e. The van der Waals surface area contributed by atoms with Crippen LogP contribution in [0.5, 0.6) is 5.75 Å². The second-order valence-corrected chi connectivity index (χ2v) is 7.91. The van der Waals surface area contributed by atoms with Gasteiger partial charge in [0, 0.05) is 11.3 Å². The van der Waals surface area contributed by atoms with E-state index in [0.29, 0.717) is 28.6 Å². The van der Waals surface area contributed by atoms with Crippen LogP contribution in [0, 0.1) is 6.92 Å². The molecule has 0 unspecified atom stereocenters. The minimum absolute atomic E-state index is 0.230.